The summed E-state index contributed by atoms with van der Waals surface area (Å²) in [5, 5.41) is 8.52. The average molecular weight is 476 g/mol. The highest BCUT2D eigenvalue weighted by atomic mass is 35.5. The van der Waals surface area contributed by atoms with Crippen LogP contribution in [0.2, 0.25) is 10.0 Å². The molecule has 32 heavy (non-hydrogen) atoms. The molecular weight excluding hydrogens is 452 g/mol. The van der Waals surface area contributed by atoms with E-state index < -0.39 is 11.9 Å². The second kappa shape index (κ2) is 8.21. The molecular formula is C23H24Cl2FN5O. The van der Waals surface area contributed by atoms with E-state index in [1.807, 2.05) is 23.1 Å². The van der Waals surface area contributed by atoms with Crippen LogP contribution in [0.25, 0.3) is 11.1 Å². The number of rotatable bonds is 5. The molecule has 1 spiro atoms. The number of aromatic nitrogens is 3. The highest BCUT2D eigenvalue weighted by Gasteiger charge is 2.44. The molecule has 0 amide bonds. The van der Waals surface area contributed by atoms with Crippen LogP contribution in [0.3, 0.4) is 0 Å². The maximum atomic E-state index is 13.9. The van der Waals surface area contributed by atoms with Crippen molar-refractivity contribution in [3.8, 4) is 16.9 Å². The number of halogens is 3. The predicted octanol–water partition coefficient (Wildman–Crippen LogP) is 5.57. The summed E-state index contributed by atoms with van der Waals surface area (Å²) >= 11 is 12.4. The van der Waals surface area contributed by atoms with Gasteiger partial charge in [-0.3, -0.25) is 4.68 Å². The number of hydrogen-bond acceptors (Lipinski definition) is 5. The molecule has 1 saturated heterocycles. The van der Waals surface area contributed by atoms with Crippen molar-refractivity contribution >= 4 is 29.0 Å². The Hall–Kier alpha value is -2.35. The SMILES string of the molecule is C[C@@H](Oc1cc(-c2cnn([C@H]3CNC4(CCC4)C3)c2)cnc1N)c1c(Cl)ccc(F)c1Cl. The predicted molar refractivity (Wildman–Crippen MR) is 124 cm³/mol. The van der Waals surface area contributed by atoms with Crippen molar-refractivity contribution in [1.82, 2.24) is 20.1 Å². The Labute approximate surface area is 195 Å². The summed E-state index contributed by atoms with van der Waals surface area (Å²) in [5.74, 6) is 0.0394. The van der Waals surface area contributed by atoms with Crippen molar-refractivity contribution in [2.45, 2.75) is 50.3 Å². The van der Waals surface area contributed by atoms with Crippen LogP contribution in [0.1, 0.15) is 50.3 Å². The Morgan fingerprint density at radius 1 is 1.28 bits per heavy atom. The van der Waals surface area contributed by atoms with Gasteiger partial charge in [-0.2, -0.15) is 5.10 Å². The molecule has 2 fully saturated rings. The molecule has 3 N–H and O–H groups in total. The summed E-state index contributed by atoms with van der Waals surface area (Å²) < 4.78 is 22.0. The topological polar surface area (TPSA) is 78.0 Å². The fourth-order valence-corrected chi connectivity index (χ4v) is 5.34. The van der Waals surface area contributed by atoms with Crippen LogP contribution in [-0.4, -0.2) is 26.8 Å². The smallest absolute Gasteiger partial charge is 0.166 e. The summed E-state index contributed by atoms with van der Waals surface area (Å²) in [6.07, 6.45) is 9.82. The Balaban J connectivity index is 1.37. The van der Waals surface area contributed by atoms with E-state index in [-0.39, 0.29) is 10.8 Å². The largest absolute Gasteiger partial charge is 0.482 e. The van der Waals surface area contributed by atoms with Crippen molar-refractivity contribution in [2.24, 2.45) is 0 Å². The van der Waals surface area contributed by atoms with E-state index in [0.29, 0.717) is 27.9 Å². The first-order valence-electron chi connectivity index (χ1n) is 10.7. The monoisotopic (exact) mass is 475 g/mol. The van der Waals surface area contributed by atoms with Crippen LogP contribution in [0.5, 0.6) is 5.75 Å². The lowest BCUT2D eigenvalue weighted by molar-refractivity contribution is 0.209. The molecule has 1 aliphatic carbocycles. The maximum absolute atomic E-state index is 13.9. The molecule has 168 valence electrons. The Kier molecular flexibility index (Phi) is 5.51. The van der Waals surface area contributed by atoms with Crippen molar-refractivity contribution in [2.75, 3.05) is 12.3 Å². The minimum Gasteiger partial charge on any atom is -0.482 e. The first kappa shape index (κ1) is 21.5. The fraction of sp³-hybridized carbons (Fsp3) is 0.391. The third-order valence-electron chi connectivity index (χ3n) is 6.63. The standard InChI is InChI=1S/C23H24Cl2FN5O/c1-13(20-17(24)3-4-18(26)21(20)25)32-19-7-14(9-28-22(19)27)15-10-30-31(12-15)16-8-23(29-11-16)5-2-6-23/h3-4,7,9-10,12-13,16,29H,2,5-6,8,11H2,1H3,(H2,27,28)/t13-,16-/m1/s1. The number of hydrogen-bond donors (Lipinski definition) is 2. The van der Waals surface area contributed by atoms with Crippen LogP contribution >= 0.6 is 23.2 Å². The lowest BCUT2D eigenvalue weighted by atomic mass is 9.75. The zero-order chi connectivity index (χ0) is 22.5. The van der Waals surface area contributed by atoms with E-state index in [0.717, 1.165) is 24.1 Å². The molecule has 6 nitrogen and oxygen atoms in total. The molecule has 1 aromatic carbocycles. The van der Waals surface area contributed by atoms with E-state index in [1.165, 1.54) is 31.4 Å². The first-order chi connectivity index (χ1) is 15.3. The minimum absolute atomic E-state index is 0.0663. The van der Waals surface area contributed by atoms with Crippen molar-refractivity contribution < 1.29 is 9.13 Å². The van der Waals surface area contributed by atoms with Gasteiger partial charge >= 0.3 is 0 Å². The van der Waals surface area contributed by atoms with E-state index in [2.05, 4.69) is 15.4 Å². The third kappa shape index (κ3) is 3.83. The molecule has 0 unspecified atom stereocenters. The van der Waals surface area contributed by atoms with Gasteiger partial charge in [0, 0.05) is 46.2 Å². The summed E-state index contributed by atoms with van der Waals surface area (Å²) in [4.78, 5) is 4.28. The third-order valence-corrected chi connectivity index (χ3v) is 7.34. The molecule has 2 aliphatic rings. The molecule has 5 rings (SSSR count). The van der Waals surface area contributed by atoms with Crippen molar-refractivity contribution in [1.29, 1.82) is 0 Å². The molecule has 9 heteroatoms. The fourth-order valence-electron chi connectivity index (χ4n) is 4.66. The Morgan fingerprint density at radius 3 is 2.81 bits per heavy atom. The summed E-state index contributed by atoms with van der Waals surface area (Å²) in [6.45, 7) is 2.67. The number of pyridine rings is 1. The number of nitrogens with one attached hydrogen (secondary N) is 1. The number of nitrogen functional groups attached to an aromatic ring is 1. The average Bonchev–Trinajstić information content (AvgIpc) is 3.40. The summed E-state index contributed by atoms with van der Waals surface area (Å²) in [6, 6.07) is 4.83. The molecule has 2 atom stereocenters. The molecule has 3 heterocycles. The van der Waals surface area contributed by atoms with Gasteiger partial charge in [0.05, 0.1) is 17.3 Å². The van der Waals surface area contributed by atoms with Crippen LogP contribution in [0, 0.1) is 5.82 Å². The van der Waals surface area contributed by atoms with Crippen molar-refractivity contribution in [3.05, 3.63) is 58.2 Å². The molecule has 0 bridgehead atoms. The molecule has 1 saturated carbocycles. The van der Waals surface area contributed by atoms with Gasteiger partial charge in [-0.25, -0.2) is 9.37 Å². The van der Waals surface area contributed by atoms with Gasteiger partial charge in [0.25, 0.3) is 0 Å². The van der Waals surface area contributed by atoms with Gasteiger partial charge in [-0.05, 0) is 50.8 Å². The second-order valence-corrected chi connectivity index (χ2v) is 9.49. The normalized spacial score (nSPS) is 20.3. The Morgan fingerprint density at radius 2 is 2.09 bits per heavy atom. The lowest BCUT2D eigenvalue weighted by Gasteiger charge is -2.38. The quantitative estimate of drug-likeness (QED) is 0.471. The van der Waals surface area contributed by atoms with Gasteiger partial charge in [0.1, 0.15) is 11.9 Å². The van der Waals surface area contributed by atoms with Gasteiger partial charge in [-0.15, -0.1) is 0 Å². The van der Waals surface area contributed by atoms with Crippen LogP contribution in [0.15, 0.2) is 36.8 Å². The summed E-state index contributed by atoms with van der Waals surface area (Å²) in [7, 11) is 0. The zero-order valence-corrected chi connectivity index (χ0v) is 19.1. The van der Waals surface area contributed by atoms with E-state index >= 15 is 0 Å². The minimum atomic E-state index is -0.629. The molecule has 1 aliphatic heterocycles. The highest BCUT2D eigenvalue weighted by Crippen LogP contribution is 2.43. The zero-order valence-electron chi connectivity index (χ0n) is 17.6. The van der Waals surface area contributed by atoms with E-state index in [4.69, 9.17) is 33.7 Å². The van der Waals surface area contributed by atoms with E-state index in [9.17, 15) is 4.39 Å². The van der Waals surface area contributed by atoms with Crippen LogP contribution in [-0.2, 0) is 0 Å². The molecule has 3 aromatic rings. The molecule has 0 radical (unpaired) electrons. The van der Waals surface area contributed by atoms with Gasteiger partial charge in [-0.1, -0.05) is 23.2 Å². The maximum Gasteiger partial charge on any atom is 0.166 e. The summed E-state index contributed by atoms with van der Waals surface area (Å²) in [5.41, 5.74) is 8.48. The van der Waals surface area contributed by atoms with Gasteiger partial charge in [0.2, 0.25) is 0 Å². The number of anilines is 1. The highest BCUT2D eigenvalue weighted by molar-refractivity contribution is 6.36. The van der Waals surface area contributed by atoms with Gasteiger partial charge in [0.15, 0.2) is 11.6 Å². The van der Waals surface area contributed by atoms with Gasteiger partial charge < -0.3 is 15.8 Å². The van der Waals surface area contributed by atoms with Crippen molar-refractivity contribution in [3.63, 3.8) is 0 Å². The lowest BCUT2D eigenvalue weighted by Crippen LogP contribution is -2.45. The first-order valence-corrected chi connectivity index (χ1v) is 11.5. The number of nitrogens with two attached hydrogens (primary N) is 1. The second-order valence-electron chi connectivity index (χ2n) is 8.71. The number of benzene rings is 1. The van der Waals surface area contributed by atoms with E-state index in [1.54, 1.807) is 13.1 Å². The number of nitrogens with zero attached hydrogens (tertiary/aromatic N) is 3. The number of ether oxygens (including phenoxy) is 1. The Bertz CT molecular complexity index is 1160. The molecule has 2 aromatic heterocycles. The van der Waals surface area contributed by atoms with Crippen LogP contribution in [0.4, 0.5) is 10.2 Å². The van der Waals surface area contributed by atoms with Crippen LogP contribution < -0.4 is 15.8 Å².